The summed E-state index contributed by atoms with van der Waals surface area (Å²) >= 11 is 0. The molecule has 0 aromatic rings. The summed E-state index contributed by atoms with van der Waals surface area (Å²) in [6, 6.07) is 0. The van der Waals surface area contributed by atoms with Crippen molar-refractivity contribution >= 4 is 17.9 Å². The van der Waals surface area contributed by atoms with E-state index in [1.165, 1.54) is 0 Å². The normalized spacial score (nSPS) is 27.9. The van der Waals surface area contributed by atoms with E-state index in [4.69, 9.17) is 10.2 Å². The second-order valence-corrected chi connectivity index (χ2v) is 2.80. The Morgan fingerprint density at radius 2 is 2.00 bits per heavy atom. The molecule has 1 aliphatic rings. The summed E-state index contributed by atoms with van der Waals surface area (Å²) in [5.41, 5.74) is 0. The molecule has 2 N–H and O–H groups in total. The first-order valence-electron chi connectivity index (χ1n) is 3.88. The average Bonchev–Trinajstić information content (AvgIpc) is 2.42. The molecular formula is C7H7NaO8. The van der Waals surface area contributed by atoms with Crippen molar-refractivity contribution < 1.29 is 68.7 Å². The molecule has 1 rings (SSSR count). The van der Waals surface area contributed by atoms with Crippen LogP contribution in [0.2, 0.25) is 0 Å². The average molecular weight is 242 g/mol. The Bertz CT molecular complexity index is 303. The fraction of sp³-hybridized carbons (Fsp3) is 0.571. The van der Waals surface area contributed by atoms with Crippen LogP contribution in [0.1, 0.15) is 0 Å². The van der Waals surface area contributed by atoms with Crippen LogP contribution in [-0.2, 0) is 23.9 Å². The molecule has 0 spiro atoms. The number of ether oxygens (including phenoxy) is 2. The Morgan fingerprint density at radius 1 is 1.44 bits per heavy atom. The number of carbonyl (C=O) groups excluding carboxylic acids is 3. The predicted molar refractivity (Wildman–Crippen MR) is 37.9 cm³/mol. The SMILES string of the molecule is O=C([O-])C(=O)OCC1OC(=O)C(O)C1O.[Na+]. The smallest absolute Gasteiger partial charge is 0.539 e. The topological polar surface area (TPSA) is 133 Å². The Balaban J connectivity index is 0.00000225. The van der Waals surface area contributed by atoms with Crippen LogP contribution in [0.15, 0.2) is 0 Å². The minimum Gasteiger partial charge on any atom is -0.539 e. The number of esters is 2. The third kappa shape index (κ3) is 3.42. The Morgan fingerprint density at radius 3 is 2.38 bits per heavy atom. The second kappa shape index (κ2) is 6.16. The maximum atomic E-state index is 10.7. The predicted octanol–water partition coefficient (Wildman–Crippen LogP) is -7.07. The van der Waals surface area contributed by atoms with Gasteiger partial charge in [0.25, 0.3) is 0 Å². The van der Waals surface area contributed by atoms with E-state index in [1.54, 1.807) is 0 Å². The monoisotopic (exact) mass is 242 g/mol. The van der Waals surface area contributed by atoms with E-state index in [0.717, 1.165) is 0 Å². The first kappa shape index (κ1) is 15.3. The van der Waals surface area contributed by atoms with Crippen LogP contribution in [0.25, 0.3) is 0 Å². The molecule has 84 valence electrons. The first-order valence-corrected chi connectivity index (χ1v) is 3.88. The minimum atomic E-state index is -2.05. The van der Waals surface area contributed by atoms with E-state index >= 15 is 0 Å². The zero-order chi connectivity index (χ0) is 11.6. The van der Waals surface area contributed by atoms with Crippen LogP contribution in [0.5, 0.6) is 0 Å². The summed E-state index contributed by atoms with van der Waals surface area (Å²) in [4.78, 5) is 31.0. The van der Waals surface area contributed by atoms with Crippen LogP contribution in [0.3, 0.4) is 0 Å². The van der Waals surface area contributed by atoms with Gasteiger partial charge >= 0.3 is 41.5 Å². The number of aliphatic hydroxyl groups excluding tert-OH is 2. The van der Waals surface area contributed by atoms with Gasteiger partial charge in [0.15, 0.2) is 18.2 Å². The molecule has 0 radical (unpaired) electrons. The Labute approximate surface area is 111 Å². The number of carboxylic acid groups (broad SMARTS) is 1. The number of aliphatic hydroxyl groups is 2. The third-order valence-corrected chi connectivity index (χ3v) is 1.76. The molecule has 0 aliphatic carbocycles. The molecule has 0 aromatic heterocycles. The van der Waals surface area contributed by atoms with Gasteiger partial charge in [-0.25, -0.2) is 9.59 Å². The molecule has 0 aromatic carbocycles. The van der Waals surface area contributed by atoms with Crippen LogP contribution in [-0.4, -0.2) is 53.0 Å². The summed E-state index contributed by atoms with van der Waals surface area (Å²) in [5.74, 6) is -4.74. The van der Waals surface area contributed by atoms with Crippen molar-refractivity contribution in [2.24, 2.45) is 0 Å². The Kier molecular flexibility index (Phi) is 5.90. The summed E-state index contributed by atoms with van der Waals surface area (Å²) < 4.78 is 8.49. The molecule has 0 amide bonds. The van der Waals surface area contributed by atoms with Crippen LogP contribution in [0.4, 0.5) is 0 Å². The number of hydrogen-bond donors (Lipinski definition) is 2. The van der Waals surface area contributed by atoms with Gasteiger partial charge in [-0.1, -0.05) is 0 Å². The molecule has 1 saturated heterocycles. The van der Waals surface area contributed by atoms with Gasteiger partial charge in [-0.15, -0.1) is 0 Å². The maximum Gasteiger partial charge on any atom is 1.00 e. The van der Waals surface area contributed by atoms with E-state index in [-0.39, 0.29) is 29.6 Å². The van der Waals surface area contributed by atoms with Crippen molar-refractivity contribution in [1.82, 2.24) is 0 Å². The van der Waals surface area contributed by atoms with Crippen LogP contribution < -0.4 is 34.7 Å². The van der Waals surface area contributed by atoms with Gasteiger partial charge in [0.2, 0.25) is 0 Å². The van der Waals surface area contributed by atoms with Crippen molar-refractivity contribution in [3.63, 3.8) is 0 Å². The molecule has 1 fully saturated rings. The van der Waals surface area contributed by atoms with E-state index < -0.39 is 42.8 Å². The van der Waals surface area contributed by atoms with Crippen molar-refractivity contribution in [3.8, 4) is 0 Å². The summed E-state index contributed by atoms with van der Waals surface area (Å²) in [7, 11) is 0. The maximum absolute atomic E-state index is 10.7. The van der Waals surface area contributed by atoms with Crippen molar-refractivity contribution in [1.29, 1.82) is 0 Å². The molecule has 1 heterocycles. The largest absolute Gasteiger partial charge is 1.00 e. The van der Waals surface area contributed by atoms with Crippen LogP contribution >= 0.6 is 0 Å². The molecule has 3 unspecified atom stereocenters. The minimum absolute atomic E-state index is 0. The fourth-order valence-corrected chi connectivity index (χ4v) is 0.981. The summed E-state index contributed by atoms with van der Waals surface area (Å²) in [6.07, 6.45) is -4.53. The molecule has 3 atom stereocenters. The van der Waals surface area contributed by atoms with E-state index in [0.29, 0.717) is 0 Å². The Hall–Kier alpha value is -0.670. The molecule has 16 heavy (non-hydrogen) atoms. The van der Waals surface area contributed by atoms with Gasteiger partial charge in [-0.3, -0.25) is 0 Å². The number of aliphatic carboxylic acids is 1. The number of carbonyl (C=O) groups is 3. The van der Waals surface area contributed by atoms with E-state index in [1.807, 2.05) is 0 Å². The molecule has 1 aliphatic heterocycles. The van der Waals surface area contributed by atoms with Crippen molar-refractivity contribution in [3.05, 3.63) is 0 Å². The van der Waals surface area contributed by atoms with Crippen molar-refractivity contribution in [2.45, 2.75) is 18.3 Å². The van der Waals surface area contributed by atoms with Gasteiger partial charge in [0.1, 0.15) is 12.7 Å². The van der Waals surface area contributed by atoms with Gasteiger partial charge in [0.05, 0.1) is 0 Å². The zero-order valence-electron chi connectivity index (χ0n) is 8.28. The van der Waals surface area contributed by atoms with Gasteiger partial charge in [-0.05, 0) is 0 Å². The second-order valence-electron chi connectivity index (χ2n) is 2.80. The third-order valence-electron chi connectivity index (χ3n) is 1.76. The van der Waals surface area contributed by atoms with Gasteiger partial charge in [0, 0.05) is 0 Å². The zero-order valence-corrected chi connectivity index (χ0v) is 10.3. The summed E-state index contributed by atoms with van der Waals surface area (Å²) in [6.45, 7) is -0.656. The standard InChI is InChI=1S/C7H8O8.Na/c8-3-2(15-6(12)4(3)9)1-14-7(13)5(10)11;/h2-4,8-9H,1H2,(H,10,11);/q;+1/p-1. The molecule has 0 saturated carbocycles. The first-order chi connectivity index (χ1) is 6.93. The van der Waals surface area contributed by atoms with Crippen molar-refractivity contribution in [2.75, 3.05) is 6.61 Å². The molecule has 9 heteroatoms. The fourth-order valence-electron chi connectivity index (χ4n) is 0.981. The summed E-state index contributed by atoms with van der Waals surface area (Å²) in [5, 5.41) is 28.0. The number of carboxylic acids is 1. The van der Waals surface area contributed by atoms with Crippen LogP contribution in [0, 0.1) is 0 Å². The molecule has 0 bridgehead atoms. The van der Waals surface area contributed by atoms with E-state index in [2.05, 4.69) is 9.47 Å². The van der Waals surface area contributed by atoms with Gasteiger partial charge in [-0.2, -0.15) is 0 Å². The number of hydrogen-bond acceptors (Lipinski definition) is 8. The van der Waals surface area contributed by atoms with Gasteiger partial charge < -0.3 is 29.6 Å². The molecular weight excluding hydrogens is 235 g/mol. The number of rotatable bonds is 2. The molecule has 8 nitrogen and oxygen atoms in total. The number of cyclic esters (lactones) is 1. The quantitative estimate of drug-likeness (QED) is 0.277. The van der Waals surface area contributed by atoms with E-state index in [9.17, 15) is 19.5 Å².